The Morgan fingerprint density at radius 2 is 1.85 bits per heavy atom. The minimum absolute atomic E-state index is 0.0427. The zero-order valence-corrected chi connectivity index (χ0v) is 22.0. The zero-order valence-electron chi connectivity index (χ0n) is 20.4. The maximum atomic E-state index is 15.5. The van der Waals surface area contributed by atoms with E-state index in [4.69, 9.17) is 4.74 Å². The van der Waals surface area contributed by atoms with Gasteiger partial charge in [-0.25, -0.2) is 18.7 Å². The Bertz CT molecular complexity index is 1690. The number of thiophene rings is 1. The maximum absolute atomic E-state index is 15.5. The lowest BCUT2D eigenvalue weighted by Crippen LogP contribution is -2.28. The van der Waals surface area contributed by atoms with Crippen LogP contribution in [0, 0.1) is 11.6 Å². The van der Waals surface area contributed by atoms with Gasteiger partial charge in [0.2, 0.25) is 5.88 Å². The molecule has 7 nitrogen and oxygen atoms in total. The topological polar surface area (TPSA) is 90.4 Å². The highest BCUT2D eigenvalue weighted by Crippen LogP contribution is 2.47. The van der Waals surface area contributed by atoms with Gasteiger partial charge in [-0.3, -0.25) is 0 Å². The number of alkyl halides is 3. The van der Waals surface area contributed by atoms with Gasteiger partial charge in [-0.2, -0.15) is 21.6 Å². The van der Waals surface area contributed by atoms with Gasteiger partial charge >= 0.3 is 15.6 Å². The number of benzene rings is 1. The molecule has 39 heavy (non-hydrogen) atoms. The summed E-state index contributed by atoms with van der Waals surface area (Å²) in [6, 6.07) is 6.26. The van der Waals surface area contributed by atoms with Crippen LogP contribution in [0.4, 0.5) is 22.0 Å². The van der Waals surface area contributed by atoms with Crippen molar-refractivity contribution in [1.29, 1.82) is 0 Å². The molecule has 5 rings (SSSR count). The second-order valence-electron chi connectivity index (χ2n) is 8.94. The minimum atomic E-state index is -6.09. The molecular formula is C25H20F5N3O4S2. The fourth-order valence-corrected chi connectivity index (χ4v) is 5.61. The van der Waals surface area contributed by atoms with Gasteiger partial charge in [-0.05, 0) is 49.9 Å². The summed E-state index contributed by atoms with van der Waals surface area (Å²) in [7, 11) is -6.09. The SMILES string of the molecule is CC(C)Oc1cc(F)cc(F)c1-c1c(-c2ccc3c(n2)CNCC3)nc(OS(=O)(=O)C(F)(F)F)c2ccsc12. The molecule has 0 unspecified atom stereocenters. The van der Waals surface area contributed by atoms with Crippen molar-refractivity contribution in [3.63, 3.8) is 0 Å². The highest BCUT2D eigenvalue weighted by molar-refractivity contribution is 7.88. The second-order valence-corrected chi connectivity index (χ2v) is 11.4. The summed E-state index contributed by atoms with van der Waals surface area (Å²) in [6.45, 7) is 4.44. The number of halogens is 5. The molecule has 206 valence electrons. The Balaban J connectivity index is 1.85. The van der Waals surface area contributed by atoms with Crippen molar-refractivity contribution in [3.05, 3.63) is 58.6 Å². The molecule has 4 heterocycles. The van der Waals surface area contributed by atoms with Crippen LogP contribution in [0.5, 0.6) is 11.6 Å². The number of fused-ring (bicyclic) bond motifs is 2. The molecule has 1 aliphatic rings. The van der Waals surface area contributed by atoms with Gasteiger partial charge in [0.1, 0.15) is 23.1 Å². The number of nitrogens with zero attached hydrogens (tertiary/aromatic N) is 2. The molecule has 0 atom stereocenters. The van der Waals surface area contributed by atoms with Crippen LogP contribution in [0.1, 0.15) is 25.1 Å². The first-order valence-electron chi connectivity index (χ1n) is 11.6. The number of hydrogen-bond acceptors (Lipinski definition) is 8. The lowest BCUT2D eigenvalue weighted by atomic mass is 9.97. The van der Waals surface area contributed by atoms with Crippen LogP contribution in [0.2, 0.25) is 0 Å². The molecule has 0 amide bonds. The number of aromatic nitrogens is 2. The first kappa shape index (κ1) is 27.2. The molecule has 14 heteroatoms. The molecule has 1 aliphatic heterocycles. The zero-order chi connectivity index (χ0) is 28.1. The average molecular weight is 586 g/mol. The summed E-state index contributed by atoms with van der Waals surface area (Å²) < 4.78 is 104. The van der Waals surface area contributed by atoms with Crippen LogP contribution in [0.3, 0.4) is 0 Å². The van der Waals surface area contributed by atoms with E-state index in [-0.39, 0.29) is 38.4 Å². The van der Waals surface area contributed by atoms with E-state index in [0.717, 1.165) is 29.5 Å². The molecule has 1 aromatic carbocycles. The van der Waals surface area contributed by atoms with E-state index in [1.54, 1.807) is 26.0 Å². The van der Waals surface area contributed by atoms with Crippen molar-refractivity contribution < 1.29 is 39.3 Å². The third kappa shape index (κ3) is 5.15. The largest absolute Gasteiger partial charge is 0.534 e. The first-order valence-corrected chi connectivity index (χ1v) is 13.9. The van der Waals surface area contributed by atoms with E-state index in [9.17, 15) is 26.0 Å². The maximum Gasteiger partial charge on any atom is 0.534 e. The predicted molar refractivity (Wildman–Crippen MR) is 135 cm³/mol. The van der Waals surface area contributed by atoms with E-state index >= 15 is 4.39 Å². The van der Waals surface area contributed by atoms with Crippen molar-refractivity contribution in [2.75, 3.05) is 6.54 Å². The number of hydrogen-bond donors (Lipinski definition) is 1. The van der Waals surface area contributed by atoms with E-state index in [1.807, 2.05) is 0 Å². The third-order valence-corrected chi connectivity index (χ3v) is 7.73. The van der Waals surface area contributed by atoms with Gasteiger partial charge in [0, 0.05) is 24.2 Å². The molecule has 3 aromatic heterocycles. The lowest BCUT2D eigenvalue weighted by Gasteiger charge is -2.20. The van der Waals surface area contributed by atoms with Gasteiger partial charge in [0.05, 0.1) is 33.1 Å². The van der Waals surface area contributed by atoms with E-state index < -0.39 is 39.2 Å². The van der Waals surface area contributed by atoms with Crippen LogP contribution < -0.4 is 14.2 Å². The lowest BCUT2D eigenvalue weighted by molar-refractivity contribution is -0.0500. The van der Waals surface area contributed by atoms with Gasteiger partial charge in [0.25, 0.3) is 0 Å². The van der Waals surface area contributed by atoms with Crippen molar-refractivity contribution in [3.8, 4) is 34.1 Å². The van der Waals surface area contributed by atoms with Crippen molar-refractivity contribution in [1.82, 2.24) is 15.3 Å². The quantitative estimate of drug-likeness (QED) is 0.170. The Morgan fingerprint density at radius 1 is 1.08 bits per heavy atom. The van der Waals surface area contributed by atoms with Crippen LogP contribution in [-0.2, 0) is 23.1 Å². The third-order valence-electron chi connectivity index (χ3n) is 5.85. The molecule has 4 aromatic rings. The fraction of sp³-hybridized carbons (Fsp3) is 0.280. The van der Waals surface area contributed by atoms with Crippen molar-refractivity contribution in [2.45, 2.75) is 38.4 Å². The van der Waals surface area contributed by atoms with Gasteiger partial charge < -0.3 is 14.2 Å². The smallest absolute Gasteiger partial charge is 0.490 e. The summed E-state index contributed by atoms with van der Waals surface area (Å²) in [6.07, 6.45) is 0.192. The second kappa shape index (κ2) is 9.99. The Labute approximate surface area is 223 Å². The molecule has 0 radical (unpaired) electrons. The molecule has 0 aliphatic carbocycles. The van der Waals surface area contributed by atoms with Crippen molar-refractivity contribution >= 4 is 31.5 Å². The first-order chi connectivity index (χ1) is 18.4. The molecule has 1 N–H and O–H groups in total. The fourth-order valence-electron chi connectivity index (χ4n) is 4.24. The highest BCUT2D eigenvalue weighted by atomic mass is 32.2. The molecule has 0 saturated heterocycles. The normalized spacial score (nSPS) is 14.1. The van der Waals surface area contributed by atoms with Crippen LogP contribution in [0.15, 0.2) is 35.7 Å². The molecule has 0 saturated carbocycles. The Morgan fingerprint density at radius 3 is 2.56 bits per heavy atom. The Hall–Kier alpha value is -3.36. The van der Waals surface area contributed by atoms with Crippen molar-refractivity contribution in [2.24, 2.45) is 0 Å². The molecule has 0 spiro atoms. The van der Waals surface area contributed by atoms with E-state index in [2.05, 4.69) is 19.5 Å². The van der Waals surface area contributed by atoms with Gasteiger partial charge in [0.15, 0.2) is 0 Å². The van der Waals surface area contributed by atoms with Crippen LogP contribution in [-0.4, -0.2) is 36.5 Å². The van der Waals surface area contributed by atoms with Gasteiger partial charge in [-0.1, -0.05) is 6.07 Å². The number of ether oxygens (including phenoxy) is 1. The van der Waals surface area contributed by atoms with E-state index in [0.29, 0.717) is 24.7 Å². The standard InChI is InChI=1S/C25H20F5N3O4S2/c1-12(2)36-19-10-14(26)9-16(27)20(19)21-22(17-4-3-13-5-7-31-11-18(13)32-17)33-24(15-6-8-38-23(15)21)37-39(34,35)25(28,29)30/h3-4,6,8-10,12,31H,5,7,11H2,1-2H3. The predicted octanol–water partition coefficient (Wildman–Crippen LogP) is 5.96. The number of nitrogens with one attached hydrogen (secondary N) is 1. The number of pyridine rings is 2. The molecular weight excluding hydrogens is 565 g/mol. The monoisotopic (exact) mass is 585 g/mol. The number of rotatable bonds is 6. The summed E-state index contributed by atoms with van der Waals surface area (Å²) in [5, 5.41) is 4.50. The van der Waals surface area contributed by atoms with Crippen LogP contribution in [0.25, 0.3) is 32.6 Å². The van der Waals surface area contributed by atoms with Gasteiger partial charge in [-0.15, -0.1) is 11.3 Å². The summed E-state index contributed by atoms with van der Waals surface area (Å²) >= 11 is 0.982. The average Bonchev–Trinajstić information content (AvgIpc) is 3.33. The minimum Gasteiger partial charge on any atom is -0.490 e. The summed E-state index contributed by atoms with van der Waals surface area (Å²) in [5.74, 6) is -2.94. The van der Waals surface area contributed by atoms with Crippen LogP contribution >= 0.6 is 11.3 Å². The highest BCUT2D eigenvalue weighted by Gasteiger charge is 2.49. The Kier molecular flexibility index (Phi) is 6.97. The summed E-state index contributed by atoms with van der Waals surface area (Å²) in [5.41, 5.74) is -4.34. The molecule has 0 fully saturated rings. The summed E-state index contributed by atoms with van der Waals surface area (Å²) in [4.78, 5) is 8.76. The molecule has 0 bridgehead atoms. The van der Waals surface area contributed by atoms with E-state index in [1.165, 1.54) is 11.4 Å².